The molecule has 1 atom stereocenters. The lowest BCUT2D eigenvalue weighted by molar-refractivity contribution is -0.134. The highest BCUT2D eigenvalue weighted by Crippen LogP contribution is 2.46. The molecule has 1 aliphatic heterocycles. The van der Waals surface area contributed by atoms with Gasteiger partial charge in [0.05, 0.1) is 6.54 Å². The predicted octanol–water partition coefficient (Wildman–Crippen LogP) is 2.31. The van der Waals surface area contributed by atoms with E-state index in [0.29, 0.717) is 12.5 Å². The summed E-state index contributed by atoms with van der Waals surface area (Å²) in [4.78, 5) is 14.3. The van der Waals surface area contributed by atoms with Gasteiger partial charge in [0, 0.05) is 5.54 Å². The van der Waals surface area contributed by atoms with Crippen LogP contribution in [0, 0.1) is 5.92 Å². The third-order valence-corrected chi connectivity index (χ3v) is 4.29. The van der Waals surface area contributed by atoms with Gasteiger partial charge < -0.3 is 4.90 Å². The Labute approximate surface area is 108 Å². The van der Waals surface area contributed by atoms with Crippen molar-refractivity contribution < 1.29 is 4.79 Å². The van der Waals surface area contributed by atoms with Crippen molar-refractivity contribution >= 4 is 5.91 Å². The van der Waals surface area contributed by atoms with Crippen LogP contribution in [0.5, 0.6) is 0 Å². The third kappa shape index (κ3) is 1.83. The van der Waals surface area contributed by atoms with Crippen molar-refractivity contribution in [3.05, 3.63) is 35.9 Å². The maximum Gasteiger partial charge on any atom is 0.238 e. The minimum atomic E-state index is -0.0406. The average Bonchev–Trinajstić information content (AvgIpc) is 3.14. The van der Waals surface area contributed by atoms with Crippen LogP contribution in [0.4, 0.5) is 0 Å². The number of nitrogens with one attached hydrogen (secondary N) is 1. The van der Waals surface area contributed by atoms with Crippen LogP contribution in [0.2, 0.25) is 0 Å². The zero-order chi connectivity index (χ0) is 12.8. The minimum absolute atomic E-state index is 0.0364. The van der Waals surface area contributed by atoms with Gasteiger partial charge >= 0.3 is 0 Å². The van der Waals surface area contributed by atoms with E-state index in [0.717, 1.165) is 0 Å². The van der Waals surface area contributed by atoms with E-state index in [1.54, 1.807) is 0 Å². The Balaban J connectivity index is 1.92. The quantitative estimate of drug-likeness (QED) is 0.885. The lowest BCUT2D eigenvalue weighted by Crippen LogP contribution is -2.48. The molecule has 0 spiro atoms. The van der Waals surface area contributed by atoms with Gasteiger partial charge in [-0.1, -0.05) is 30.3 Å². The van der Waals surface area contributed by atoms with E-state index in [2.05, 4.69) is 36.2 Å². The third-order valence-electron chi connectivity index (χ3n) is 4.29. The van der Waals surface area contributed by atoms with Crippen LogP contribution in [-0.4, -0.2) is 22.9 Å². The van der Waals surface area contributed by atoms with Gasteiger partial charge in [0.25, 0.3) is 0 Å². The average molecular weight is 244 g/mol. The lowest BCUT2D eigenvalue weighted by Gasteiger charge is -2.40. The molecular weight excluding hydrogens is 224 g/mol. The summed E-state index contributed by atoms with van der Waals surface area (Å²) in [5.74, 6) is 0.883. The fraction of sp³-hybridized carbons (Fsp3) is 0.533. The molecular formula is C15H20N2O. The molecule has 1 heterocycles. The first-order valence-corrected chi connectivity index (χ1v) is 6.71. The summed E-state index contributed by atoms with van der Waals surface area (Å²) in [6, 6.07) is 10.2. The van der Waals surface area contributed by atoms with E-state index in [9.17, 15) is 4.79 Å². The number of carbonyl (C=O) groups is 1. The molecule has 96 valence electrons. The van der Waals surface area contributed by atoms with Crippen molar-refractivity contribution in [2.75, 3.05) is 6.54 Å². The first-order chi connectivity index (χ1) is 8.60. The Bertz CT molecular complexity index is 451. The predicted molar refractivity (Wildman–Crippen MR) is 70.8 cm³/mol. The molecule has 1 saturated carbocycles. The summed E-state index contributed by atoms with van der Waals surface area (Å²) in [5, 5.41) is 3.34. The summed E-state index contributed by atoms with van der Waals surface area (Å²) < 4.78 is 0. The van der Waals surface area contributed by atoms with Gasteiger partial charge in [0.1, 0.15) is 6.17 Å². The standard InChI is InChI=1S/C15H20N2O/c1-15(2,12-8-9-12)17-13(18)10-16-14(17)11-6-4-3-5-7-11/h3-7,12,14,16H,8-10H2,1-2H3. The molecule has 2 aliphatic rings. The Morgan fingerprint density at radius 2 is 1.89 bits per heavy atom. The molecule has 1 N–H and O–H groups in total. The fourth-order valence-corrected chi connectivity index (χ4v) is 3.05. The molecule has 3 rings (SSSR count). The number of amides is 1. The molecule has 1 aliphatic carbocycles. The van der Waals surface area contributed by atoms with Gasteiger partial charge in [-0.15, -0.1) is 0 Å². The highest BCUT2D eigenvalue weighted by atomic mass is 16.2. The summed E-state index contributed by atoms with van der Waals surface area (Å²) in [6.07, 6.45) is 2.53. The molecule has 0 aromatic heterocycles. The van der Waals surface area contributed by atoms with Gasteiger partial charge in [-0.25, -0.2) is 0 Å². The number of nitrogens with zero attached hydrogens (tertiary/aromatic N) is 1. The molecule has 2 fully saturated rings. The molecule has 1 aromatic carbocycles. The molecule has 1 aromatic rings. The minimum Gasteiger partial charge on any atom is -0.316 e. The Morgan fingerprint density at radius 1 is 1.22 bits per heavy atom. The highest BCUT2D eigenvalue weighted by Gasteiger charge is 2.48. The SMILES string of the molecule is CC(C)(C1CC1)N1C(=O)CNC1c1ccccc1. The van der Waals surface area contributed by atoms with Crippen LogP contribution in [0.25, 0.3) is 0 Å². The second-order valence-electron chi connectivity index (χ2n) is 5.89. The molecule has 3 heteroatoms. The number of benzene rings is 1. The highest BCUT2D eigenvalue weighted by molar-refractivity contribution is 5.81. The second kappa shape index (κ2) is 4.09. The zero-order valence-electron chi connectivity index (χ0n) is 11.0. The maximum atomic E-state index is 12.2. The number of hydrogen-bond acceptors (Lipinski definition) is 2. The van der Waals surface area contributed by atoms with Gasteiger partial charge in [-0.05, 0) is 38.2 Å². The van der Waals surface area contributed by atoms with Crippen LogP contribution in [-0.2, 0) is 4.79 Å². The van der Waals surface area contributed by atoms with E-state index in [4.69, 9.17) is 0 Å². The number of carbonyl (C=O) groups excluding carboxylic acids is 1. The number of rotatable bonds is 3. The first-order valence-electron chi connectivity index (χ1n) is 6.71. The van der Waals surface area contributed by atoms with Crippen molar-refractivity contribution in [1.82, 2.24) is 10.2 Å². The van der Waals surface area contributed by atoms with Crippen molar-refractivity contribution in [2.24, 2.45) is 5.92 Å². The van der Waals surface area contributed by atoms with E-state index in [-0.39, 0.29) is 17.6 Å². The molecule has 0 radical (unpaired) electrons. The normalized spacial score (nSPS) is 24.7. The van der Waals surface area contributed by atoms with E-state index < -0.39 is 0 Å². The van der Waals surface area contributed by atoms with Crippen LogP contribution in [0.15, 0.2) is 30.3 Å². The summed E-state index contributed by atoms with van der Waals surface area (Å²) in [6.45, 7) is 4.85. The Hall–Kier alpha value is -1.35. The summed E-state index contributed by atoms with van der Waals surface area (Å²) >= 11 is 0. The molecule has 1 saturated heterocycles. The van der Waals surface area contributed by atoms with Crippen LogP contribution < -0.4 is 5.32 Å². The molecule has 1 unspecified atom stereocenters. The van der Waals surface area contributed by atoms with E-state index in [1.807, 2.05) is 18.2 Å². The molecule has 1 amide bonds. The second-order valence-corrected chi connectivity index (χ2v) is 5.89. The van der Waals surface area contributed by atoms with Crippen LogP contribution in [0.1, 0.15) is 38.4 Å². The van der Waals surface area contributed by atoms with Crippen molar-refractivity contribution in [3.63, 3.8) is 0 Å². The zero-order valence-corrected chi connectivity index (χ0v) is 11.0. The summed E-state index contributed by atoms with van der Waals surface area (Å²) in [5.41, 5.74) is 1.14. The fourth-order valence-electron chi connectivity index (χ4n) is 3.05. The van der Waals surface area contributed by atoms with Crippen molar-refractivity contribution in [3.8, 4) is 0 Å². The Morgan fingerprint density at radius 3 is 2.50 bits per heavy atom. The van der Waals surface area contributed by atoms with E-state index >= 15 is 0 Å². The Kier molecular flexibility index (Phi) is 2.67. The lowest BCUT2D eigenvalue weighted by atomic mass is 9.94. The largest absolute Gasteiger partial charge is 0.316 e. The molecule has 18 heavy (non-hydrogen) atoms. The summed E-state index contributed by atoms with van der Waals surface area (Å²) in [7, 11) is 0. The number of hydrogen-bond donors (Lipinski definition) is 1. The van der Waals surface area contributed by atoms with Gasteiger partial charge in [0.2, 0.25) is 5.91 Å². The van der Waals surface area contributed by atoms with E-state index in [1.165, 1.54) is 18.4 Å². The smallest absolute Gasteiger partial charge is 0.238 e. The van der Waals surface area contributed by atoms with Gasteiger partial charge in [-0.2, -0.15) is 0 Å². The maximum absolute atomic E-state index is 12.2. The van der Waals surface area contributed by atoms with Crippen LogP contribution >= 0.6 is 0 Å². The van der Waals surface area contributed by atoms with Gasteiger partial charge in [0.15, 0.2) is 0 Å². The van der Waals surface area contributed by atoms with Crippen LogP contribution in [0.3, 0.4) is 0 Å². The molecule has 3 nitrogen and oxygen atoms in total. The molecule has 0 bridgehead atoms. The van der Waals surface area contributed by atoms with Crippen molar-refractivity contribution in [2.45, 2.75) is 38.4 Å². The topological polar surface area (TPSA) is 32.3 Å². The monoisotopic (exact) mass is 244 g/mol. The van der Waals surface area contributed by atoms with Gasteiger partial charge in [-0.3, -0.25) is 10.1 Å². The first kappa shape index (κ1) is 11.7. The van der Waals surface area contributed by atoms with Crippen molar-refractivity contribution in [1.29, 1.82) is 0 Å².